The van der Waals surface area contributed by atoms with E-state index in [2.05, 4.69) is 29.5 Å². The van der Waals surface area contributed by atoms with Gasteiger partial charge in [-0.25, -0.2) is 4.98 Å². The molecule has 3 nitrogen and oxygen atoms in total. The molecule has 0 fully saturated rings. The van der Waals surface area contributed by atoms with Crippen LogP contribution >= 0.6 is 11.3 Å². The molecule has 0 spiro atoms. The van der Waals surface area contributed by atoms with Crippen molar-refractivity contribution in [2.45, 2.75) is 26.5 Å². The topological polar surface area (TPSA) is 34.1 Å². The molecular weight excluding hydrogens is 184 g/mol. The Kier molecular flexibility index (Phi) is 4.35. The molecular formula is C9H16N2OS. The summed E-state index contributed by atoms with van der Waals surface area (Å²) in [7, 11) is 1.69. The first kappa shape index (κ1) is 10.6. The van der Waals surface area contributed by atoms with Crippen LogP contribution in [-0.2, 0) is 11.3 Å². The molecule has 0 aliphatic rings. The number of hydrogen-bond acceptors (Lipinski definition) is 4. The van der Waals surface area contributed by atoms with Gasteiger partial charge in [0, 0.05) is 18.5 Å². The van der Waals surface area contributed by atoms with Crippen molar-refractivity contribution in [2.24, 2.45) is 0 Å². The van der Waals surface area contributed by atoms with E-state index in [1.54, 1.807) is 18.4 Å². The minimum absolute atomic E-state index is 0.340. The maximum atomic E-state index is 5.01. The third-order valence-electron chi connectivity index (χ3n) is 1.79. The normalized spacial score (nSPS) is 13.2. The molecule has 0 amide bonds. The highest BCUT2D eigenvalue weighted by Gasteiger charge is 2.07. The number of nitrogens with one attached hydrogen (secondary N) is 1. The van der Waals surface area contributed by atoms with E-state index in [1.165, 1.54) is 0 Å². The molecule has 1 N–H and O–H groups in total. The van der Waals surface area contributed by atoms with E-state index in [4.69, 9.17) is 4.74 Å². The number of nitrogens with zero attached hydrogens (tertiary/aromatic N) is 1. The van der Waals surface area contributed by atoms with Crippen LogP contribution in [0.25, 0.3) is 0 Å². The lowest BCUT2D eigenvalue weighted by Crippen LogP contribution is -2.17. The van der Waals surface area contributed by atoms with E-state index < -0.39 is 0 Å². The number of methoxy groups -OCH3 is 1. The van der Waals surface area contributed by atoms with Gasteiger partial charge < -0.3 is 10.1 Å². The Balaban J connectivity index is 2.56. The molecule has 74 valence electrons. The van der Waals surface area contributed by atoms with Gasteiger partial charge in [0.05, 0.1) is 12.3 Å². The highest BCUT2D eigenvalue weighted by molar-refractivity contribution is 7.09. The molecule has 4 heteroatoms. The minimum Gasteiger partial charge on any atom is -0.378 e. The molecule has 0 aromatic carbocycles. The lowest BCUT2D eigenvalue weighted by atomic mass is 10.2. The first-order chi connectivity index (χ1) is 6.27. The molecule has 0 bridgehead atoms. The SMILES string of the molecule is CCNC(C)c1csc(COC)n1. The first-order valence-electron chi connectivity index (χ1n) is 4.44. The van der Waals surface area contributed by atoms with Gasteiger partial charge in [-0.2, -0.15) is 0 Å². The maximum absolute atomic E-state index is 5.01. The summed E-state index contributed by atoms with van der Waals surface area (Å²) in [6.07, 6.45) is 0. The summed E-state index contributed by atoms with van der Waals surface area (Å²) in [4.78, 5) is 4.45. The molecule has 1 rings (SSSR count). The maximum Gasteiger partial charge on any atom is 0.119 e. The van der Waals surface area contributed by atoms with Crippen molar-refractivity contribution in [3.05, 3.63) is 16.1 Å². The van der Waals surface area contributed by atoms with Gasteiger partial charge in [-0.3, -0.25) is 0 Å². The number of aromatic nitrogens is 1. The van der Waals surface area contributed by atoms with Gasteiger partial charge >= 0.3 is 0 Å². The van der Waals surface area contributed by atoms with Gasteiger partial charge in [0.1, 0.15) is 5.01 Å². The second kappa shape index (κ2) is 5.32. The quantitative estimate of drug-likeness (QED) is 0.789. The van der Waals surface area contributed by atoms with E-state index in [1.807, 2.05) is 0 Å². The zero-order chi connectivity index (χ0) is 9.68. The average molecular weight is 200 g/mol. The predicted molar refractivity (Wildman–Crippen MR) is 54.9 cm³/mol. The smallest absolute Gasteiger partial charge is 0.119 e. The van der Waals surface area contributed by atoms with Crippen LogP contribution in [-0.4, -0.2) is 18.6 Å². The summed E-state index contributed by atoms with van der Waals surface area (Å²) in [6.45, 7) is 5.80. The summed E-state index contributed by atoms with van der Waals surface area (Å²) in [5.74, 6) is 0. The molecule has 0 saturated carbocycles. The van der Waals surface area contributed by atoms with Crippen LogP contribution in [0.4, 0.5) is 0 Å². The van der Waals surface area contributed by atoms with Gasteiger partial charge in [0.2, 0.25) is 0 Å². The fraction of sp³-hybridized carbons (Fsp3) is 0.667. The molecule has 1 heterocycles. The van der Waals surface area contributed by atoms with Gasteiger partial charge in [0.25, 0.3) is 0 Å². The van der Waals surface area contributed by atoms with Crippen molar-refractivity contribution >= 4 is 11.3 Å². The van der Waals surface area contributed by atoms with E-state index in [0.717, 1.165) is 17.2 Å². The molecule has 1 aromatic heterocycles. The van der Waals surface area contributed by atoms with E-state index in [0.29, 0.717) is 12.6 Å². The number of ether oxygens (including phenoxy) is 1. The van der Waals surface area contributed by atoms with Crippen molar-refractivity contribution < 1.29 is 4.74 Å². The summed E-state index contributed by atoms with van der Waals surface area (Å²) >= 11 is 1.65. The fourth-order valence-corrected chi connectivity index (χ4v) is 1.98. The highest BCUT2D eigenvalue weighted by atomic mass is 32.1. The third-order valence-corrected chi connectivity index (χ3v) is 2.63. The van der Waals surface area contributed by atoms with Crippen molar-refractivity contribution in [1.82, 2.24) is 10.3 Å². The standard InChI is InChI=1S/C9H16N2OS/c1-4-10-7(2)8-6-13-9(11-8)5-12-3/h6-7,10H,4-5H2,1-3H3. The summed E-state index contributed by atoms with van der Waals surface area (Å²) in [5, 5.41) is 6.45. The second-order valence-corrected chi connectivity index (χ2v) is 3.82. The lowest BCUT2D eigenvalue weighted by molar-refractivity contribution is 0.184. The number of thiazole rings is 1. The molecule has 0 saturated heterocycles. The average Bonchev–Trinajstić information content (AvgIpc) is 2.54. The van der Waals surface area contributed by atoms with Crippen LogP contribution in [0.5, 0.6) is 0 Å². The van der Waals surface area contributed by atoms with Crippen LogP contribution < -0.4 is 5.32 Å². The molecule has 0 aliphatic heterocycles. The van der Waals surface area contributed by atoms with Gasteiger partial charge in [-0.05, 0) is 13.5 Å². The van der Waals surface area contributed by atoms with Crippen molar-refractivity contribution in [3.8, 4) is 0 Å². The molecule has 1 aromatic rings. The van der Waals surface area contributed by atoms with Crippen LogP contribution in [0.1, 0.15) is 30.6 Å². The van der Waals surface area contributed by atoms with Gasteiger partial charge in [-0.15, -0.1) is 11.3 Å². The Morgan fingerprint density at radius 1 is 1.69 bits per heavy atom. The number of hydrogen-bond donors (Lipinski definition) is 1. The van der Waals surface area contributed by atoms with Gasteiger partial charge in [-0.1, -0.05) is 6.92 Å². The fourth-order valence-electron chi connectivity index (χ4n) is 1.12. The van der Waals surface area contributed by atoms with Crippen LogP contribution in [0.15, 0.2) is 5.38 Å². The molecule has 0 radical (unpaired) electrons. The molecule has 1 unspecified atom stereocenters. The monoisotopic (exact) mass is 200 g/mol. The van der Waals surface area contributed by atoms with Crippen LogP contribution in [0.2, 0.25) is 0 Å². The Morgan fingerprint density at radius 3 is 3.08 bits per heavy atom. The lowest BCUT2D eigenvalue weighted by Gasteiger charge is -2.07. The van der Waals surface area contributed by atoms with Crippen molar-refractivity contribution in [1.29, 1.82) is 0 Å². The number of rotatable bonds is 5. The Hall–Kier alpha value is -0.450. The predicted octanol–water partition coefficient (Wildman–Crippen LogP) is 1.96. The Bertz CT molecular complexity index is 250. The highest BCUT2D eigenvalue weighted by Crippen LogP contribution is 2.16. The summed E-state index contributed by atoms with van der Waals surface area (Å²) < 4.78 is 5.01. The molecule has 0 aliphatic carbocycles. The van der Waals surface area contributed by atoms with Crippen LogP contribution in [0, 0.1) is 0 Å². The first-order valence-corrected chi connectivity index (χ1v) is 5.32. The Labute approximate surface area is 83.1 Å². The minimum atomic E-state index is 0.340. The van der Waals surface area contributed by atoms with E-state index in [9.17, 15) is 0 Å². The zero-order valence-corrected chi connectivity index (χ0v) is 9.15. The Morgan fingerprint density at radius 2 is 2.46 bits per heavy atom. The summed E-state index contributed by atoms with van der Waals surface area (Å²) in [6, 6.07) is 0.340. The molecule has 1 atom stereocenters. The third kappa shape index (κ3) is 3.06. The molecule has 13 heavy (non-hydrogen) atoms. The van der Waals surface area contributed by atoms with Gasteiger partial charge in [0.15, 0.2) is 0 Å². The largest absolute Gasteiger partial charge is 0.378 e. The van der Waals surface area contributed by atoms with Crippen molar-refractivity contribution in [2.75, 3.05) is 13.7 Å². The summed E-state index contributed by atoms with van der Waals surface area (Å²) in [5.41, 5.74) is 1.11. The zero-order valence-electron chi connectivity index (χ0n) is 8.33. The van der Waals surface area contributed by atoms with Crippen molar-refractivity contribution in [3.63, 3.8) is 0 Å². The van der Waals surface area contributed by atoms with E-state index in [-0.39, 0.29) is 0 Å². The van der Waals surface area contributed by atoms with E-state index >= 15 is 0 Å². The van der Waals surface area contributed by atoms with Crippen LogP contribution in [0.3, 0.4) is 0 Å². The second-order valence-electron chi connectivity index (χ2n) is 2.88.